The van der Waals surface area contributed by atoms with Gasteiger partial charge in [0, 0.05) is 26.2 Å². The third-order valence-corrected chi connectivity index (χ3v) is 8.18. The van der Waals surface area contributed by atoms with Crippen molar-refractivity contribution in [1.29, 1.82) is 0 Å². The van der Waals surface area contributed by atoms with Crippen LogP contribution in [0.2, 0.25) is 0 Å². The normalized spacial score (nSPS) is 11.5. The summed E-state index contributed by atoms with van der Waals surface area (Å²) in [4.78, 5) is 15.1. The van der Waals surface area contributed by atoms with Crippen LogP contribution in [-0.4, -0.2) is 30.4 Å². The molecule has 2 aromatic heterocycles. The van der Waals surface area contributed by atoms with Crippen molar-refractivity contribution in [3.05, 3.63) is 88.2 Å². The molecule has 4 rings (SSSR count). The van der Waals surface area contributed by atoms with Crippen molar-refractivity contribution in [2.75, 3.05) is 0 Å². The van der Waals surface area contributed by atoms with Crippen LogP contribution in [0.5, 0.6) is 0 Å². The van der Waals surface area contributed by atoms with Crippen LogP contribution < -0.4 is 0 Å². The molecule has 0 aliphatic rings. The zero-order chi connectivity index (χ0) is 26.8. The van der Waals surface area contributed by atoms with Gasteiger partial charge in [-0.25, -0.2) is 0 Å². The minimum absolute atomic E-state index is 0. The number of aryl methyl sites for hydroxylation is 4. The van der Waals surface area contributed by atoms with Gasteiger partial charge in [-0.15, -0.1) is 0 Å². The zero-order valence-corrected chi connectivity index (χ0v) is 27.3. The summed E-state index contributed by atoms with van der Waals surface area (Å²) in [7, 11) is 0. The molecule has 197 valence electrons. The molecule has 0 saturated carbocycles. The molecule has 1 N–H and O–H groups in total. The van der Waals surface area contributed by atoms with E-state index < -0.39 is 0 Å². The van der Waals surface area contributed by atoms with Crippen LogP contribution >= 0.6 is 0 Å². The molecule has 0 atom stereocenters. The summed E-state index contributed by atoms with van der Waals surface area (Å²) in [5.74, 6) is -0.0625. The van der Waals surface area contributed by atoms with Crippen molar-refractivity contribution in [2.24, 2.45) is 0 Å². The SMILES string of the molecule is CC(=O)/C=C(/C)O.Cc1[c-]c(-c2ccc3[se]c(-c4c(C)cc(C)cc4C)cc3n2)cc(C(C)(C)C)c1.[Ir]. The maximum Gasteiger partial charge on any atom is 0 e. The Kier molecular flexibility index (Phi) is 10.5. The van der Waals surface area contributed by atoms with Crippen molar-refractivity contribution >= 4 is 30.1 Å². The van der Waals surface area contributed by atoms with E-state index in [1.807, 2.05) is 0 Å². The van der Waals surface area contributed by atoms with E-state index in [1.165, 1.54) is 62.0 Å². The van der Waals surface area contributed by atoms with Gasteiger partial charge in [-0.05, 0) is 13.8 Å². The van der Waals surface area contributed by atoms with Gasteiger partial charge in [0.2, 0.25) is 0 Å². The zero-order valence-electron chi connectivity index (χ0n) is 23.2. The Morgan fingerprint density at radius 3 is 2.11 bits per heavy atom. The van der Waals surface area contributed by atoms with E-state index in [-0.39, 0.29) is 37.1 Å². The number of nitrogens with zero attached hydrogens (tertiary/aromatic N) is 1. The Bertz CT molecular complexity index is 1430. The maximum atomic E-state index is 10.0. The van der Waals surface area contributed by atoms with Crippen LogP contribution in [0.3, 0.4) is 0 Å². The van der Waals surface area contributed by atoms with E-state index in [0.29, 0.717) is 14.5 Å². The molecule has 0 unspecified atom stereocenters. The van der Waals surface area contributed by atoms with Gasteiger partial charge in [0.15, 0.2) is 5.78 Å². The molecule has 37 heavy (non-hydrogen) atoms. The van der Waals surface area contributed by atoms with Crippen molar-refractivity contribution in [3.8, 4) is 21.3 Å². The number of ketones is 1. The van der Waals surface area contributed by atoms with Crippen molar-refractivity contribution in [1.82, 2.24) is 4.98 Å². The number of benzene rings is 2. The fraction of sp³-hybridized carbons (Fsp3) is 0.312. The van der Waals surface area contributed by atoms with Crippen LogP contribution in [0, 0.1) is 33.8 Å². The summed E-state index contributed by atoms with van der Waals surface area (Å²) in [5.41, 5.74) is 11.3. The second-order valence-electron chi connectivity index (χ2n) is 10.6. The molecule has 3 nitrogen and oxygen atoms in total. The van der Waals surface area contributed by atoms with E-state index in [2.05, 4.69) is 97.0 Å². The Hall–Kier alpha value is -2.29. The summed E-state index contributed by atoms with van der Waals surface area (Å²) >= 11 is 0.304. The van der Waals surface area contributed by atoms with Crippen molar-refractivity contribution < 1.29 is 30.0 Å². The van der Waals surface area contributed by atoms with Gasteiger partial charge < -0.3 is 5.11 Å². The molecule has 0 bridgehead atoms. The van der Waals surface area contributed by atoms with Crippen LogP contribution in [0.15, 0.2) is 54.3 Å². The molecule has 5 heteroatoms. The minimum atomic E-state index is -0.125. The fourth-order valence-electron chi connectivity index (χ4n) is 4.35. The van der Waals surface area contributed by atoms with Crippen LogP contribution in [0.1, 0.15) is 62.4 Å². The number of hydrogen-bond donors (Lipinski definition) is 1. The summed E-state index contributed by atoms with van der Waals surface area (Å²) in [5, 5.41) is 8.36. The van der Waals surface area contributed by atoms with Crippen LogP contribution in [-0.2, 0) is 30.3 Å². The molecule has 0 fully saturated rings. The van der Waals surface area contributed by atoms with Crippen LogP contribution in [0.25, 0.3) is 31.0 Å². The number of hydrogen-bond acceptors (Lipinski definition) is 3. The number of allylic oxidation sites excluding steroid dienone is 2. The van der Waals surface area contributed by atoms with Gasteiger partial charge in [-0.1, -0.05) is 0 Å². The third kappa shape index (κ3) is 8.09. The first-order valence-electron chi connectivity index (χ1n) is 12.2. The van der Waals surface area contributed by atoms with Gasteiger partial charge in [0.1, 0.15) is 0 Å². The first kappa shape index (κ1) is 30.9. The topological polar surface area (TPSA) is 50.2 Å². The van der Waals surface area contributed by atoms with E-state index in [1.54, 1.807) is 0 Å². The average Bonchev–Trinajstić information content (AvgIpc) is 3.14. The molecular formula is C32H36IrNO2Se-. The monoisotopic (exact) mass is 739 g/mol. The van der Waals surface area contributed by atoms with Gasteiger partial charge in [0.25, 0.3) is 0 Å². The van der Waals surface area contributed by atoms with Gasteiger partial charge in [-0.3, -0.25) is 4.79 Å². The molecule has 0 saturated heterocycles. The molecule has 2 aromatic carbocycles. The largest absolute Gasteiger partial charge is 0 e. The van der Waals surface area contributed by atoms with Crippen molar-refractivity contribution in [3.63, 3.8) is 0 Å². The standard InChI is InChI=1S/C27H28NSe.C5H8O2.Ir/c1-16-10-18(3)26(19(4)11-16)25-15-23-24(29-25)9-8-22(28-23)20-12-17(2)13-21(14-20)27(5,6)7;1-4(6)3-5(2)7;/h8-11,13-15H,1-7H3;3,6H,1-2H3;/q-1;;/b;4-3-;. The Morgan fingerprint density at radius 1 is 0.973 bits per heavy atom. The number of carbonyl (C=O) groups excluding carboxylic acids is 1. The Morgan fingerprint density at radius 2 is 1.59 bits per heavy atom. The Balaban J connectivity index is 0.000000532. The molecule has 4 aromatic rings. The number of aliphatic hydroxyl groups is 1. The number of aliphatic hydroxyl groups excluding tert-OH is 1. The van der Waals surface area contributed by atoms with E-state index in [9.17, 15) is 4.79 Å². The molecule has 0 spiro atoms. The van der Waals surface area contributed by atoms with Gasteiger partial charge in [-0.2, -0.15) is 0 Å². The minimum Gasteiger partial charge on any atom is 0 e. The number of carbonyl (C=O) groups is 1. The van der Waals surface area contributed by atoms with Crippen LogP contribution in [0.4, 0.5) is 0 Å². The predicted octanol–water partition coefficient (Wildman–Crippen LogP) is 7.99. The molecule has 0 aliphatic carbocycles. The summed E-state index contributed by atoms with van der Waals surface area (Å²) in [6, 6.07) is 19.3. The third-order valence-electron chi connectivity index (χ3n) is 5.85. The smallest absolute Gasteiger partial charge is 0 e. The second kappa shape index (κ2) is 12.5. The number of fused-ring (bicyclic) bond motifs is 1. The summed E-state index contributed by atoms with van der Waals surface area (Å²) < 4.78 is 2.81. The first-order valence-corrected chi connectivity index (χ1v) is 13.9. The van der Waals surface area contributed by atoms with E-state index >= 15 is 0 Å². The number of pyridine rings is 1. The molecule has 2 heterocycles. The quantitative estimate of drug-likeness (QED) is 0.100. The predicted molar refractivity (Wildman–Crippen MR) is 153 cm³/mol. The van der Waals surface area contributed by atoms with Gasteiger partial charge >= 0.3 is 181 Å². The fourth-order valence-corrected chi connectivity index (χ4v) is 6.81. The molecule has 1 radical (unpaired) electrons. The Labute approximate surface area is 241 Å². The molecular weight excluding hydrogens is 702 g/mol. The molecule has 0 aliphatic heterocycles. The maximum absolute atomic E-state index is 10.0. The number of rotatable bonds is 3. The van der Waals surface area contributed by atoms with E-state index in [4.69, 9.17) is 10.1 Å². The van der Waals surface area contributed by atoms with E-state index in [0.717, 1.165) is 16.8 Å². The van der Waals surface area contributed by atoms with Gasteiger partial charge in [0.05, 0.1) is 5.76 Å². The first-order chi connectivity index (χ1) is 16.7. The average molecular weight is 738 g/mol. The van der Waals surface area contributed by atoms with Crippen molar-refractivity contribution in [2.45, 2.75) is 67.7 Å². The second-order valence-corrected chi connectivity index (χ2v) is 12.9. The summed E-state index contributed by atoms with van der Waals surface area (Å²) in [6.07, 6.45) is 1.17. The molecule has 0 amide bonds. The number of aromatic nitrogens is 1. The summed E-state index contributed by atoms with van der Waals surface area (Å²) in [6.45, 7) is 18.4.